The quantitative estimate of drug-likeness (QED) is 0.555. The standard InChI is InChI=1S/C27H32N2O2/c1-4-18-17-29-12-10-20-15-26(30-2)27(31-3)16-23(20)25(29)14-21(18)13-24-22-8-6-5-7-19(22)9-11-28-24/h5-9,11,15-16,18,21,25H,4,10,12-14,17H2,1-3H3. The van der Waals surface area contributed by atoms with Crippen molar-refractivity contribution >= 4 is 10.8 Å². The number of fused-ring (bicyclic) bond motifs is 4. The lowest BCUT2D eigenvalue weighted by atomic mass is 9.74. The van der Waals surface area contributed by atoms with Gasteiger partial charge in [0.05, 0.1) is 14.2 Å². The van der Waals surface area contributed by atoms with Gasteiger partial charge in [0.15, 0.2) is 11.5 Å². The molecule has 1 fully saturated rings. The number of nitrogens with zero attached hydrogens (tertiary/aromatic N) is 2. The predicted molar refractivity (Wildman–Crippen MR) is 125 cm³/mol. The molecule has 0 saturated carbocycles. The molecule has 162 valence electrons. The van der Waals surface area contributed by atoms with E-state index in [0.717, 1.165) is 30.9 Å². The highest BCUT2D eigenvalue weighted by molar-refractivity contribution is 5.84. The lowest BCUT2D eigenvalue weighted by Crippen LogP contribution is -2.46. The van der Waals surface area contributed by atoms with E-state index in [1.165, 1.54) is 47.0 Å². The topological polar surface area (TPSA) is 34.6 Å². The van der Waals surface area contributed by atoms with E-state index in [1.807, 2.05) is 6.20 Å². The van der Waals surface area contributed by atoms with Gasteiger partial charge >= 0.3 is 0 Å². The number of hydrogen-bond donors (Lipinski definition) is 0. The Kier molecular flexibility index (Phi) is 5.58. The molecule has 3 atom stereocenters. The van der Waals surface area contributed by atoms with Crippen LogP contribution in [0, 0.1) is 11.8 Å². The van der Waals surface area contributed by atoms with Gasteiger partial charge in [0.1, 0.15) is 0 Å². The van der Waals surface area contributed by atoms with E-state index >= 15 is 0 Å². The zero-order valence-electron chi connectivity index (χ0n) is 18.8. The summed E-state index contributed by atoms with van der Waals surface area (Å²) in [5.74, 6) is 3.02. The Hall–Kier alpha value is -2.59. The number of ether oxygens (including phenoxy) is 2. The molecular formula is C27H32N2O2. The fourth-order valence-electron chi connectivity index (χ4n) is 5.81. The molecule has 0 N–H and O–H groups in total. The maximum Gasteiger partial charge on any atom is 0.161 e. The maximum atomic E-state index is 5.64. The zero-order valence-corrected chi connectivity index (χ0v) is 18.8. The minimum Gasteiger partial charge on any atom is -0.493 e. The van der Waals surface area contributed by atoms with E-state index in [1.54, 1.807) is 14.2 Å². The van der Waals surface area contributed by atoms with E-state index in [9.17, 15) is 0 Å². The van der Waals surface area contributed by atoms with Gasteiger partial charge in [-0.25, -0.2) is 0 Å². The van der Waals surface area contributed by atoms with Crippen molar-refractivity contribution in [2.75, 3.05) is 27.3 Å². The van der Waals surface area contributed by atoms with Crippen LogP contribution in [0.2, 0.25) is 0 Å². The van der Waals surface area contributed by atoms with Crippen LogP contribution in [-0.4, -0.2) is 37.2 Å². The molecule has 5 rings (SSSR count). The number of pyridine rings is 1. The number of aromatic nitrogens is 1. The summed E-state index contributed by atoms with van der Waals surface area (Å²) >= 11 is 0. The number of hydrogen-bond acceptors (Lipinski definition) is 4. The van der Waals surface area contributed by atoms with Crippen LogP contribution >= 0.6 is 0 Å². The second-order valence-electron chi connectivity index (χ2n) is 9.01. The lowest BCUT2D eigenvalue weighted by molar-refractivity contribution is 0.0517. The number of rotatable bonds is 5. The summed E-state index contributed by atoms with van der Waals surface area (Å²) in [6.07, 6.45) is 6.50. The van der Waals surface area contributed by atoms with Crippen LogP contribution < -0.4 is 9.47 Å². The molecule has 4 nitrogen and oxygen atoms in total. The number of piperidine rings is 1. The minimum atomic E-state index is 0.450. The molecule has 3 unspecified atom stereocenters. The van der Waals surface area contributed by atoms with Crippen molar-refractivity contribution in [3.05, 3.63) is 65.5 Å². The van der Waals surface area contributed by atoms with E-state index in [-0.39, 0.29) is 0 Å². The van der Waals surface area contributed by atoms with Gasteiger partial charge in [-0.1, -0.05) is 37.6 Å². The summed E-state index contributed by atoms with van der Waals surface area (Å²) in [6.45, 7) is 4.65. The van der Waals surface area contributed by atoms with Crippen LogP contribution in [0.4, 0.5) is 0 Å². The normalized spacial score (nSPS) is 23.3. The van der Waals surface area contributed by atoms with Crippen molar-refractivity contribution < 1.29 is 9.47 Å². The molecule has 1 aromatic heterocycles. The van der Waals surface area contributed by atoms with Gasteiger partial charge in [-0.15, -0.1) is 0 Å². The van der Waals surface area contributed by atoms with Gasteiger partial charge in [0.2, 0.25) is 0 Å². The molecule has 0 amide bonds. The van der Waals surface area contributed by atoms with E-state index in [2.05, 4.69) is 54.3 Å². The van der Waals surface area contributed by atoms with Gasteiger partial charge in [0.25, 0.3) is 0 Å². The molecule has 31 heavy (non-hydrogen) atoms. The van der Waals surface area contributed by atoms with E-state index in [0.29, 0.717) is 17.9 Å². The molecule has 1 saturated heterocycles. The van der Waals surface area contributed by atoms with Crippen molar-refractivity contribution in [3.8, 4) is 11.5 Å². The second kappa shape index (κ2) is 8.51. The summed E-state index contributed by atoms with van der Waals surface area (Å²) in [4.78, 5) is 7.52. The van der Waals surface area contributed by atoms with Crippen molar-refractivity contribution in [2.45, 2.75) is 38.6 Å². The van der Waals surface area contributed by atoms with Crippen LogP contribution in [0.15, 0.2) is 48.7 Å². The minimum absolute atomic E-state index is 0.450. The molecule has 2 aromatic carbocycles. The molecule has 0 bridgehead atoms. The predicted octanol–water partition coefficient (Wildman–Crippen LogP) is 5.44. The summed E-state index contributed by atoms with van der Waals surface area (Å²) in [6, 6.07) is 15.6. The van der Waals surface area contributed by atoms with Gasteiger partial charge in [0, 0.05) is 36.4 Å². The Morgan fingerprint density at radius 3 is 2.65 bits per heavy atom. The Morgan fingerprint density at radius 2 is 1.84 bits per heavy atom. The van der Waals surface area contributed by atoms with Gasteiger partial charge < -0.3 is 9.47 Å². The summed E-state index contributed by atoms with van der Waals surface area (Å²) in [7, 11) is 3.45. The van der Waals surface area contributed by atoms with Crippen molar-refractivity contribution in [1.29, 1.82) is 0 Å². The third-order valence-electron chi connectivity index (χ3n) is 7.51. The molecule has 2 aliphatic heterocycles. The fourth-order valence-corrected chi connectivity index (χ4v) is 5.81. The molecule has 0 aliphatic carbocycles. The third-order valence-corrected chi connectivity index (χ3v) is 7.51. The first-order chi connectivity index (χ1) is 15.2. The van der Waals surface area contributed by atoms with Gasteiger partial charge in [-0.3, -0.25) is 9.88 Å². The highest BCUT2D eigenvalue weighted by Crippen LogP contribution is 2.46. The first kappa shape index (κ1) is 20.3. The molecule has 0 spiro atoms. The molecule has 0 radical (unpaired) electrons. The van der Waals surface area contributed by atoms with Crippen LogP contribution in [-0.2, 0) is 12.8 Å². The average Bonchev–Trinajstić information content (AvgIpc) is 2.82. The number of methoxy groups -OCH3 is 2. The Bertz CT molecular complexity index is 1070. The summed E-state index contributed by atoms with van der Waals surface area (Å²) < 4.78 is 11.2. The van der Waals surface area contributed by atoms with Crippen LogP contribution in [0.3, 0.4) is 0 Å². The molecule has 4 heteroatoms. The first-order valence-corrected chi connectivity index (χ1v) is 11.5. The highest BCUT2D eigenvalue weighted by Gasteiger charge is 2.39. The summed E-state index contributed by atoms with van der Waals surface area (Å²) in [5.41, 5.74) is 4.09. The highest BCUT2D eigenvalue weighted by atomic mass is 16.5. The van der Waals surface area contributed by atoms with Crippen molar-refractivity contribution in [2.24, 2.45) is 11.8 Å². The van der Waals surface area contributed by atoms with Crippen LogP contribution in [0.25, 0.3) is 10.8 Å². The Morgan fingerprint density at radius 1 is 1.03 bits per heavy atom. The monoisotopic (exact) mass is 416 g/mol. The average molecular weight is 417 g/mol. The summed E-state index contributed by atoms with van der Waals surface area (Å²) in [5, 5.41) is 2.59. The van der Waals surface area contributed by atoms with Gasteiger partial charge in [-0.05, 0) is 65.8 Å². The van der Waals surface area contributed by atoms with Crippen molar-refractivity contribution in [1.82, 2.24) is 9.88 Å². The molecular weight excluding hydrogens is 384 g/mol. The van der Waals surface area contributed by atoms with Crippen LogP contribution in [0.1, 0.15) is 42.6 Å². The lowest BCUT2D eigenvalue weighted by Gasteiger charge is -2.47. The molecule has 2 aliphatic rings. The maximum absolute atomic E-state index is 5.64. The third kappa shape index (κ3) is 3.67. The Balaban J connectivity index is 1.48. The first-order valence-electron chi connectivity index (χ1n) is 11.5. The zero-order chi connectivity index (χ0) is 21.4. The second-order valence-corrected chi connectivity index (χ2v) is 9.01. The largest absolute Gasteiger partial charge is 0.493 e. The van der Waals surface area contributed by atoms with E-state index in [4.69, 9.17) is 14.5 Å². The SMILES string of the molecule is CCC1CN2CCc3cc(OC)c(OC)cc3C2CC1Cc1nccc2ccccc12. The van der Waals surface area contributed by atoms with Crippen molar-refractivity contribution in [3.63, 3.8) is 0 Å². The Labute approximate surface area is 185 Å². The van der Waals surface area contributed by atoms with Crippen LogP contribution in [0.5, 0.6) is 11.5 Å². The molecule has 3 heterocycles. The fraction of sp³-hybridized carbons (Fsp3) is 0.444. The smallest absolute Gasteiger partial charge is 0.161 e. The van der Waals surface area contributed by atoms with E-state index < -0.39 is 0 Å². The number of benzene rings is 2. The van der Waals surface area contributed by atoms with Gasteiger partial charge in [-0.2, -0.15) is 0 Å². The molecule has 3 aromatic rings.